The molecule has 7 heteroatoms. The van der Waals surface area contributed by atoms with Crippen LogP contribution in [0.1, 0.15) is 22.1 Å². The summed E-state index contributed by atoms with van der Waals surface area (Å²) in [7, 11) is 0. The number of pyridine rings is 1. The Morgan fingerprint density at radius 1 is 1.33 bits per heavy atom. The first-order valence-corrected chi connectivity index (χ1v) is 9.88. The highest BCUT2D eigenvalue weighted by Gasteiger charge is 2.18. The van der Waals surface area contributed by atoms with Gasteiger partial charge in [-0.05, 0) is 24.6 Å². The van der Waals surface area contributed by atoms with Crippen molar-refractivity contribution in [1.82, 2.24) is 15.5 Å². The third-order valence-corrected chi connectivity index (χ3v) is 5.79. The van der Waals surface area contributed by atoms with Crippen molar-refractivity contribution in [2.24, 2.45) is 0 Å². The molecule has 27 heavy (non-hydrogen) atoms. The van der Waals surface area contributed by atoms with Gasteiger partial charge in [-0.25, -0.2) is 9.37 Å². The Balaban J connectivity index is 1.47. The molecule has 0 radical (unpaired) electrons. The van der Waals surface area contributed by atoms with Gasteiger partial charge in [-0.15, -0.1) is 0 Å². The smallest absolute Gasteiger partial charge is 0.213 e. The van der Waals surface area contributed by atoms with Crippen molar-refractivity contribution in [1.29, 1.82) is 0 Å². The van der Waals surface area contributed by atoms with Gasteiger partial charge in [-0.3, -0.25) is 0 Å². The van der Waals surface area contributed by atoms with E-state index in [2.05, 4.69) is 21.5 Å². The van der Waals surface area contributed by atoms with E-state index in [1.54, 1.807) is 12.1 Å². The largest absolute Gasteiger partial charge is 0.473 e. The standard InChI is InChI=1S/C20H20FN3O2S/c1-13-17(20(24-26-13)14-3-2-4-16(21)9-14)12-25-19-6-5-15(10-23-19)18-11-22-7-8-27-18/h2-6,9-10,18,22H,7-8,11-12H2,1H3. The number of aromatic nitrogens is 2. The first kappa shape index (κ1) is 18.0. The predicted octanol–water partition coefficient (Wildman–Crippen LogP) is 4.14. The molecule has 0 bridgehead atoms. The Morgan fingerprint density at radius 3 is 3.00 bits per heavy atom. The van der Waals surface area contributed by atoms with Crippen LogP contribution >= 0.6 is 11.8 Å². The highest BCUT2D eigenvalue weighted by atomic mass is 32.2. The van der Waals surface area contributed by atoms with Crippen LogP contribution in [-0.2, 0) is 6.61 Å². The lowest BCUT2D eigenvalue weighted by molar-refractivity contribution is 0.290. The highest BCUT2D eigenvalue weighted by molar-refractivity contribution is 7.99. The number of nitrogens with one attached hydrogen (secondary N) is 1. The molecule has 1 unspecified atom stereocenters. The molecule has 2 aromatic heterocycles. The summed E-state index contributed by atoms with van der Waals surface area (Å²) >= 11 is 1.94. The van der Waals surface area contributed by atoms with E-state index < -0.39 is 0 Å². The molecule has 0 spiro atoms. The van der Waals surface area contributed by atoms with Crippen molar-refractivity contribution >= 4 is 11.8 Å². The summed E-state index contributed by atoms with van der Waals surface area (Å²) in [6, 6.07) is 10.2. The van der Waals surface area contributed by atoms with E-state index >= 15 is 0 Å². The van der Waals surface area contributed by atoms with Crippen LogP contribution in [-0.4, -0.2) is 29.0 Å². The summed E-state index contributed by atoms with van der Waals surface area (Å²) in [5.41, 5.74) is 3.24. The van der Waals surface area contributed by atoms with Crippen LogP contribution in [0.4, 0.5) is 4.39 Å². The number of rotatable bonds is 5. The van der Waals surface area contributed by atoms with Crippen LogP contribution in [0.5, 0.6) is 5.88 Å². The van der Waals surface area contributed by atoms with Crippen molar-refractivity contribution < 1.29 is 13.7 Å². The zero-order valence-electron chi connectivity index (χ0n) is 14.9. The van der Waals surface area contributed by atoms with Gasteiger partial charge in [0.1, 0.15) is 23.9 Å². The third kappa shape index (κ3) is 4.14. The van der Waals surface area contributed by atoms with Gasteiger partial charge in [0.05, 0.1) is 5.56 Å². The maximum absolute atomic E-state index is 13.5. The summed E-state index contributed by atoms with van der Waals surface area (Å²) in [4.78, 5) is 4.43. The lowest BCUT2D eigenvalue weighted by Crippen LogP contribution is -2.28. The van der Waals surface area contributed by atoms with Gasteiger partial charge in [0, 0.05) is 41.9 Å². The average Bonchev–Trinajstić information content (AvgIpc) is 3.08. The molecule has 1 N–H and O–H groups in total. The molecule has 1 fully saturated rings. The van der Waals surface area contributed by atoms with Crippen molar-refractivity contribution in [3.8, 4) is 17.1 Å². The van der Waals surface area contributed by atoms with E-state index in [1.165, 1.54) is 17.7 Å². The van der Waals surface area contributed by atoms with Crippen LogP contribution in [0.3, 0.4) is 0 Å². The molecule has 1 aliphatic rings. The number of ether oxygens (including phenoxy) is 1. The third-order valence-electron chi connectivity index (χ3n) is 4.51. The fourth-order valence-electron chi connectivity index (χ4n) is 3.02. The number of thioether (sulfide) groups is 1. The molecule has 140 valence electrons. The summed E-state index contributed by atoms with van der Waals surface area (Å²) in [6.07, 6.45) is 1.87. The summed E-state index contributed by atoms with van der Waals surface area (Å²) in [5, 5.41) is 7.89. The van der Waals surface area contributed by atoms with Gasteiger partial charge in [0.15, 0.2) is 0 Å². The van der Waals surface area contributed by atoms with Crippen molar-refractivity contribution in [3.63, 3.8) is 0 Å². The van der Waals surface area contributed by atoms with Crippen LogP contribution < -0.4 is 10.1 Å². The lowest BCUT2D eigenvalue weighted by Gasteiger charge is -2.22. The van der Waals surface area contributed by atoms with E-state index in [4.69, 9.17) is 9.26 Å². The number of aryl methyl sites for hydroxylation is 1. The topological polar surface area (TPSA) is 60.2 Å². The zero-order chi connectivity index (χ0) is 18.6. The van der Waals surface area contributed by atoms with Gasteiger partial charge in [-0.2, -0.15) is 11.8 Å². The van der Waals surface area contributed by atoms with Gasteiger partial charge in [0.2, 0.25) is 5.88 Å². The summed E-state index contributed by atoms with van der Waals surface area (Å²) < 4.78 is 24.7. The minimum atomic E-state index is -0.313. The Kier molecular flexibility index (Phi) is 5.40. The maximum Gasteiger partial charge on any atom is 0.213 e. The molecule has 1 saturated heterocycles. The second kappa shape index (κ2) is 8.10. The SMILES string of the molecule is Cc1onc(-c2cccc(F)c2)c1COc1ccc(C2CNCCS2)cn1. The van der Waals surface area contributed by atoms with Gasteiger partial charge >= 0.3 is 0 Å². The van der Waals surface area contributed by atoms with Gasteiger partial charge < -0.3 is 14.6 Å². The van der Waals surface area contributed by atoms with E-state index in [9.17, 15) is 4.39 Å². The quantitative estimate of drug-likeness (QED) is 0.712. The molecule has 1 aliphatic heterocycles. The summed E-state index contributed by atoms with van der Waals surface area (Å²) in [5.74, 6) is 1.99. The van der Waals surface area contributed by atoms with Crippen LogP contribution in [0.15, 0.2) is 47.1 Å². The fraction of sp³-hybridized carbons (Fsp3) is 0.300. The van der Waals surface area contributed by atoms with Gasteiger partial charge in [0.25, 0.3) is 0 Å². The molecule has 0 amide bonds. The molecular weight excluding hydrogens is 365 g/mol. The first-order chi connectivity index (χ1) is 13.2. The summed E-state index contributed by atoms with van der Waals surface area (Å²) in [6.45, 7) is 4.09. The second-order valence-electron chi connectivity index (χ2n) is 6.36. The van der Waals surface area contributed by atoms with Gasteiger partial charge in [-0.1, -0.05) is 23.4 Å². The van der Waals surface area contributed by atoms with Crippen LogP contribution in [0.25, 0.3) is 11.3 Å². The number of hydrogen-bond acceptors (Lipinski definition) is 6. The minimum absolute atomic E-state index is 0.257. The van der Waals surface area contributed by atoms with E-state index in [0.29, 0.717) is 28.1 Å². The Morgan fingerprint density at radius 2 is 2.26 bits per heavy atom. The fourth-order valence-corrected chi connectivity index (χ4v) is 4.13. The zero-order valence-corrected chi connectivity index (χ0v) is 15.8. The minimum Gasteiger partial charge on any atom is -0.473 e. The van der Waals surface area contributed by atoms with Crippen molar-refractivity contribution in [2.45, 2.75) is 18.8 Å². The molecule has 0 saturated carbocycles. The molecule has 4 rings (SSSR count). The first-order valence-electron chi connectivity index (χ1n) is 8.83. The molecular formula is C20H20FN3O2S. The molecule has 1 aromatic carbocycles. The number of halogens is 1. The maximum atomic E-state index is 13.5. The molecule has 5 nitrogen and oxygen atoms in total. The van der Waals surface area contributed by atoms with Crippen molar-refractivity contribution in [3.05, 3.63) is 65.3 Å². The number of nitrogens with zero attached hydrogens (tertiary/aromatic N) is 2. The normalized spacial score (nSPS) is 17.0. The molecule has 3 aromatic rings. The second-order valence-corrected chi connectivity index (χ2v) is 7.67. The molecule has 0 aliphatic carbocycles. The number of benzene rings is 1. The highest BCUT2D eigenvalue weighted by Crippen LogP contribution is 2.31. The monoisotopic (exact) mass is 385 g/mol. The Hall–Kier alpha value is -2.38. The van der Waals surface area contributed by atoms with E-state index in [-0.39, 0.29) is 12.4 Å². The van der Waals surface area contributed by atoms with Crippen LogP contribution in [0, 0.1) is 12.7 Å². The Labute approximate surface area is 161 Å². The van der Waals surface area contributed by atoms with Crippen molar-refractivity contribution in [2.75, 3.05) is 18.8 Å². The predicted molar refractivity (Wildman–Crippen MR) is 103 cm³/mol. The number of hydrogen-bond donors (Lipinski definition) is 1. The Bertz CT molecular complexity index is 908. The van der Waals surface area contributed by atoms with E-state index in [0.717, 1.165) is 24.4 Å². The lowest BCUT2D eigenvalue weighted by atomic mass is 10.1. The van der Waals surface area contributed by atoms with Crippen LogP contribution in [0.2, 0.25) is 0 Å². The molecule has 3 heterocycles. The molecule has 1 atom stereocenters. The average molecular weight is 385 g/mol. The van der Waals surface area contributed by atoms with E-state index in [1.807, 2.05) is 30.9 Å².